The van der Waals surface area contributed by atoms with Gasteiger partial charge in [0, 0.05) is 24.5 Å². The van der Waals surface area contributed by atoms with Gasteiger partial charge in [-0.3, -0.25) is 0 Å². The number of aromatic nitrogens is 3. The van der Waals surface area contributed by atoms with Gasteiger partial charge in [0.1, 0.15) is 12.2 Å². The minimum absolute atomic E-state index is 0. The number of hydrogen-bond acceptors (Lipinski definition) is 3. The molecule has 1 atom stereocenters. The molecule has 160 valence electrons. The first kappa shape index (κ1) is 24.1. The second-order valence-corrected chi connectivity index (χ2v) is 7.16. The molecule has 2 N–H and O–H groups in total. The molecule has 0 amide bonds. The van der Waals surface area contributed by atoms with Gasteiger partial charge in [-0.25, -0.2) is 4.99 Å². The van der Waals surface area contributed by atoms with E-state index >= 15 is 0 Å². The van der Waals surface area contributed by atoms with Gasteiger partial charge in [0.25, 0.3) is 0 Å². The Labute approximate surface area is 200 Å². The molecule has 8 heteroatoms. The molecule has 1 aromatic heterocycles. The van der Waals surface area contributed by atoms with E-state index in [4.69, 9.17) is 16.6 Å². The van der Waals surface area contributed by atoms with E-state index in [1.54, 1.807) is 6.33 Å². The topological polar surface area (TPSA) is 67.1 Å². The summed E-state index contributed by atoms with van der Waals surface area (Å²) in [5.41, 5.74) is 2.20. The van der Waals surface area contributed by atoms with E-state index in [2.05, 4.69) is 51.4 Å². The van der Waals surface area contributed by atoms with Crippen molar-refractivity contribution in [3.8, 4) is 0 Å². The first-order valence-electron chi connectivity index (χ1n) is 9.87. The molecule has 3 rings (SSSR count). The summed E-state index contributed by atoms with van der Waals surface area (Å²) >= 11 is 6.29. The number of aryl methyl sites for hydroxylation is 1. The Balaban J connectivity index is 0.00000320. The Hall–Kier alpha value is -2.13. The van der Waals surface area contributed by atoms with Crippen LogP contribution in [0.15, 0.2) is 65.9 Å². The van der Waals surface area contributed by atoms with Crippen LogP contribution in [0, 0.1) is 0 Å². The Bertz CT molecular complexity index is 928. The maximum Gasteiger partial charge on any atom is 0.192 e. The number of rotatable bonds is 8. The first-order valence-corrected chi connectivity index (χ1v) is 10.2. The average Bonchev–Trinajstić information content (AvgIpc) is 3.21. The molecule has 3 aromatic rings. The van der Waals surface area contributed by atoms with Gasteiger partial charge < -0.3 is 15.2 Å². The molecule has 30 heavy (non-hydrogen) atoms. The summed E-state index contributed by atoms with van der Waals surface area (Å²) in [6.07, 6.45) is 2.62. The lowest BCUT2D eigenvalue weighted by atomic mass is 10.1. The van der Waals surface area contributed by atoms with Crippen LogP contribution in [0.5, 0.6) is 0 Å². The van der Waals surface area contributed by atoms with Gasteiger partial charge in [0.05, 0.1) is 12.6 Å². The number of aliphatic imine (C=N–C) groups is 1. The van der Waals surface area contributed by atoms with Crippen molar-refractivity contribution in [2.75, 3.05) is 6.54 Å². The van der Waals surface area contributed by atoms with E-state index in [1.165, 1.54) is 5.56 Å². The van der Waals surface area contributed by atoms with E-state index in [-0.39, 0.29) is 30.0 Å². The van der Waals surface area contributed by atoms with Crippen LogP contribution in [0.2, 0.25) is 5.02 Å². The largest absolute Gasteiger partial charge is 0.355 e. The van der Waals surface area contributed by atoms with Crippen molar-refractivity contribution in [1.82, 2.24) is 25.4 Å². The molecule has 0 radical (unpaired) electrons. The third-order valence-electron chi connectivity index (χ3n) is 4.68. The van der Waals surface area contributed by atoms with Crippen molar-refractivity contribution < 1.29 is 0 Å². The predicted molar refractivity (Wildman–Crippen MR) is 133 cm³/mol. The molecule has 0 aliphatic rings. The van der Waals surface area contributed by atoms with Crippen LogP contribution in [-0.4, -0.2) is 27.3 Å². The standard InChI is InChI=1S/C22H27ClN6.HI/c1-3-21-28-26-16-29(21)14-13-24-22(25-15-19-11-7-8-12-20(19)23)27-17(2)18-9-5-4-6-10-18;/h4-12,16-17H,3,13-15H2,1-2H3,(H2,24,25,27);1H. The SMILES string of the molecule is CCc1nncn1CCNC(=NCc1ccccc1Cl)NC(C)c1ccccc1.I. The Morgan fingerprint density at radius 3 is 2.60 bits per heavy atom. The maximum atomic E-state index is 6.29. The second kappa shape index (κ2) is 12.5. The molecule has 0 saturated carbocycles. The number of guanidine groups is 1. The number of hydrogen-bond donors (Lipinski definition) is 2. The van der Waals surface area contributed by atoms with E-state index in [1.807, 2.05) is 42.5 Å². The van der Waals surface area contributed by atoms with Gasteiger partial charge in [-0.05, 0) is 24.1 Å². The highest BCUT2D eigenvalue weighted by molar-refractivity contribution is 14.0. The number of nitrogens with one attached hydrogen (secondary N) is 2. The van der Waals surface area contributed by atoms with Crippen molar-refractivity contribution in [1.29, 1.82) is 0 Å². The molecule has 6 nitrogen and oxygen atoms in total. The van der Waals surface area contributed by atoms with E-state index in [9.17, 15) is 0 Å². The van der Waals surface area contributed by atoms with Gasteiger partial charge in [-0.2, -0.15) is 0 Å². The minimum Gasteiger partial charge on any atom is -0.355 e. The molecule has 0 aliphatic heterocycles. The van der Waals surface area contributed by atoms with Crippen LogP contribution >= 0.6 is 35.6 Å². The average molecular weight is 539 g/mol. The van der Waals surface area contributed by atoms with Crippen molar-refractivity contribution in [2.45, 2.75) is 39.4 Å². The molecule has 2 aromatic carbocycles. The van der Waals surface area contributed by atoms with Crippen LogP contribution in [0.1, 0.15) is 36.8 Å². The summed E-state index contributed by atoms with van der Waals surface area (Å²) in [4.78, 5) is 4.75. The van der Waals surface area contributed by atoms with Gasteiger partial charge >= 0.3 is 0 Å². The molecule has 0 fully saturated rings. The fourth-order valence-corrected chi connectivity index (χ4v) is 3.20. The number of benzene rings is 2. The smallest absolute Gasteiger partial charge is 0.192 e. The number of nitrogens with zero attached hydrogens (tertiary/aromatic N) is 4. The van der Waals surface area contributed by atoms with E-state index in [0.717, 1.165) is 35.3 Å². The predicted octanol–water partition coefficient (Wildman–Crippen LogP) is 4.61. The summed E-state index contributed by atoms with van der Waals surface area (Å²) in [6, 6.07) is 18.2. The maximum absolute atomic E-state index is 6.29. The Morgan fingerprint density at radius 2 is 1.87 bits per heavy atom. The molecule has 0 saturated heterocycles. The molecule has 1 unspecified atom stereocenters. The normalized spacial score (nSPS) is 12.2. The van der Waals surface area contributed by atoms with Gasteiger partial charge in [0.2, 0.25) is 0 Å². The lowest BCUT2D eigenvalue weighted by molar-refractivity contribution is 0.619. The van der Waals surface area contributed by atoms with Gasteiger partial charge in [0.15, 0.2) is 5.96 Å². The zero-order valence-electron chi connectivity index (χ0n) is 17.3. The number of halogens is 2. The fraction of sp³-hybridized carbons (Fsp3) is 0.318. The summed E-state index contributed by atoms with van der Waals surface area (Å²) in [6.45, 7) is 6.18. The second-order valence-electron chi connectivity index (χ2n) is 6.75. The molecular formula is C22H28ClIN6. The summed E-state index contributed by atoms with van der Waals surface area (Å²) < 4.78 is 2.05. The van der Waals surface area contributed by atoms with Crippen molar-refractivity contribution in [3.63, 3.8) is 0 Å². The first-order chi connectivity index (χ1) is 14.2. The van der Waals surface area contributed by atoms with E-state index in [0.29, 0.717) is 13.1 Å². The van der Waals surface area contributed by atoms with Crippen molar-refractivity contribution in [3.05, 3.63) is 82.9 Å². The van der Waals surface area contributed by atoms with Crippen LogP contribution in [0.4, 0.5) is 0 Å². The van der Waals surface area contributed by atoms with Gasteiger partial charge in [-0.15, -0.1) is 34.2 Å². The molecular weight excluding hydrogens is 511 g/mol. The van der Waals surface area contributed by atoms with Crippen LogP contribution in [-0.2, 0) is 19.5 Å². The van der Waals surface area contributed by atoms with Crippen molar-refractivity contribution in [2.24, 2.45) is 4.99 Å². The summed E-state index contributed by atoms with van der Waals surface area (Å²) in [5, 5.41) is 15.8. The fourth-order valence-electron chi connectivity index (χ4n) is 3.01. The molecule has 0 spiro atoms. The lowest BCUT2D eigenvalue weighted by Crippen LogP contribution is -2.40. The van der Waals surface area contributed by atoms with Crippen LogP contribution in [0.25, 0.3) is 0 Å². The highest BCUT2D eigenvalue weighted by Gasteiger charge is 2.09. The molecule has 0 bridgehead atoms. The monoisotopic (exact) mass is 538 g/mol. The van der Waals surface area contributed by atoms with Gasteiger partial charge in [-0.1, -0.05) is 67.1 Å². The third-order valence-corrected chi connectivity index (χ3v) is 5.04. The molecule has 0 aliphatic carbocycles. The summed E-state index contributed by atoms with van der Waals surface area (Å²) in [7, 11) is 0. The van der Waals surface area contributed by atoms with E-state index < -0.39 is 0 Å². The van der Waals surface area contributed by atoms with Crippen molar-refractivity contribution >= 4 is 41.5 Å². The lowest BCUT2D eigenvalue weighted by Gasteiger charge is -2.19. The van der Waals surface area contributed by atoms with Crippen LogP contribution < -0.4 is 10.6 Å². The Kier molecular flexibility index (Phi) is 10.1. The third kappa shape index (κ3) is 6.98. The van der Waals surface area contributed by atoms with Crippen LogP contribution in [0.3, 0.4) is 0 Å². The highest BCUT2D eigenvalue weighted by Crippen LogP contribution is 2.16. The highest BCUT2D eigenvalue weighted by atomic mass is 127. The summed E-state index contributed by atoms with van der Waals surface area (Å²) in [5.74, 6) is 1.72. The Morgan fingerprint density at radius 1 is 1.13 bits per heavy atom. The quantitative estimate of drug-likeness (QED) is 0.250. The minimum atomic E-state index is 0. The molecule has 1 heterocycles. The zero-order chi connectivity index (χ0) is 20.5. The zero-order valence-corrected chi connectivity index (χ0v) is 20.3.